The molecule has 2 unspecified atom stereocenters. The normalized spacial score (nSPS) is 14.1. The van der Waals surface area contributed by atoms with Crippen LogP contribution in [0, 0.1) is 5.92 Å². The highest BCUT2D eigenvalue weighted by atomic mass is 31.2. The lowest BCUT2D eigenvalue weighted by molar-refractivity contribution is -0.122. The van der Waals surface area contributed by atoms with Crippen molar-refractivity contribution in [2.24, 2.45) is 11.7 Å². The largest absolute Gasteiger partial charge is 0.423 e. The number of aliphatic hydroxyl groups excluding tert-OH is 1. The van der Waals surface area contributed by atoms with E-state index in [1.807, 2.05) is 13.8 Å². The number of nitrogens with two attached hydrogens (primary N) is 2. The maximum absolute atomic E-state index is 12.8. The minimum absolute atomic E-state index is 0.0799. The fourth-order valence-corrected chi connectivity index (χ4v) is 4.27. The third-order valence-corrected chi connectivity index (χ3v) is 6.49. The number of carbonyl (C=O) groups excluding carboxylic acids is 1. The van der Waals surface area contributed by atoms with Crippen LogP contribution in [-0.2, 0) is 26.8 Å². The molecule has 2 atom stereocenters. The highest BCUT2D eigenvalue weighted by molar-refractivity contribution is 7.54. The zero-order valence-corrected chi connectivity index (χ0v) is 20.7. The Hall–Kier alpha value is -3.05. The summed E-state index contributed by atoms with van der Waals surface area (Å²) in [5, 5.41) is 12.4. The van der Waals surface area contributed by atoms with E-state index in [9.17, 15) is 14.5 Å². The van der Waals surface area contributed by atoms with Gasteiger partial charge in [0.15, 0.2) is 17.8 Å². The molecular formula is C22H32N7O5P. The third-order valence-electron chi connectivity index (χ3n) is 5.08. The standard InChI is InChI=1S/C22H32N7O5P/c1-15(2)11-25-22(31)18(23)10-16-4-6-17(7-5-16)34-35(32,14-30)33-9-3-8-29-13-28-19-20(24)26-12-27-21(19)29/h4-7,12-13,15,18,30H,3,8-11,14,23H2,1-2H3,(H,25,31)(H2,24,26,27). The lowest BCUT2D eigenvalue weighted by Gasteiger charge is -2.18. The van der Waals surface area contributed by atoms with E-state index in [-0.39, 0.29) is 18.3 Å². The van der Waals surface area contributed by atoms with Crippen LogP contribution in [0.2, 0.25) is 0 Å². The Morgan fingerprint density at radius 2 is 1.97 bits per heavy atom. The SMILES string of the molecule is CC(C)CNC(=O)C(N)Cc1ccc(OP(=O)(CO)OCCCn2cnc3c(N)ncnc32)cc1. The Morgan fingerprint density at radius 1 is 1.23 bits per heavy atom. The summed E-state index contributed by atoms with van der Waals surface area (Å²) in [5.41, 5.74) is 13.7. The van der Waals surface area contributed by atoms with Gasteiger partial charge in [-0.3, -0.25) is 9.32 Å². The van der Waals surface area contributed by atoms with Crippen LogP contribution < -0.4 is 21.3 Å². The van der Waals surface area contributed by atoms with Crippen LogP contribution in [0.5, 0.6) is 5.75 Å². The Morgan fingerprint density at radius 3 is 2.66 bits per heavy atom. The molecule has 0 saturated heterocycles. The van der Waals surface area contributed by atoms with Crippen molar-refractivity contribution in [1.82, 2.24) is 24.8 Å². The van der Waals surface area contributed by atoms with E-state index in [0.717, 1.165) is 5.56 Å². The van der Waals surface area contributed by atoms with Gasteiger partial charge in [0.05, 0.1) is 19.0 Å². The van der Waals surface area contributed by atoms with Crippen LogP contribution in [0.15, 0.2) is 36.9 Å². The first kappa shape index (κ1) is 26.6. The van der Waals surface area contributed by atoms with Gasteiger partial charge in [0, 0.05) is 13.1 Å². The molecule has 190 valence electrons. The van der Waals surface area contributed by atoms with Crippen LogP contribution in [-0.4, -0.2) is 56.1 Å². The van der Waals surface area contributed by atoms with Gasteiger partial charge in [0.1, 0.15) is 17.6 Å². The molecule has 2 heterocycles. The van der Waals surface area contributed by atoms with Crippen molar-refractivity contribution in [1.29, 1.82) is 0 Å². The van der Waals surface area contributed by atoms with Crippen LogP contribution in [0.3, 0.4) is 0 Å². The Labute approximate surface area is 203 Å². The van der Waals surface area contributed by atoms with Gasteiger partial charge in [-0.25, -0.2) is 19.5 Å². The van der Waals surface area contributed by atoms with Crippen LogP contribution >= 0.6 is 7.60 Å². The number of hydrogen-bond acceptors (Lipinski definition) is 10. The summed E-state index contributed by atoms with van der Waals surface area (Å²) in [7, 11) is -3.77. The maximum Gasteiger partial charge on any atom is 0.404 e. The van der Waals surface area contributed by atoms with E-state index in [4.69, 9.17) is 20.5 Å². The first-order chi connectivity index (χ1) is 16.7. The van der Waals surface area contributed by atoms with E-state index >= 15 is 0 Å². The molecule has 0 radical (unpaired) electrons. The molecule has 0 aliphatic heterocycles. The summed E-state index contributed by atoms with van der Waals surface area (Å²) in [6, 6.07) is 5.97. The second-order valence-electron chi connectivity index (χ2n) is 8.49. The number of aliphatic hydroxyl groups is 1. The molecule has 0 bridgehead atoms. The smallest absolute Gasteiger partial charge is 0.404 e. The number of benzene rings is 1. The number of nitrogen functional groups attached to an aromatic ring is 1. The molecule has 0 spiro atoms. The first-order valence-electron chi connectivity index (χ1n) is 11.3. The minimum atomic E-state index is -3.77. The molecular weight excluding hydrogens is 473 g/mol. The summed E-state index contributed by atoms with van der Waals surface area (Å²) in [5.74, 6) is 0.700. The van der Waals surface area contributed by atoms with Crippen molar-refractivity contribution in [2.75, 3.05) is 25.2 Å². The van der Waals surface area contributed by atoms with Crippen molar-refractivity contribution in [2.45, 2.75) is 39.3 Å². The Kier molecular flexibility index (Phi) is 9.16. The number of carbonyl (C=O) groups is 1. The summed E-state index contributed by atoms with van der Waals surface area (Å²) in [4.78, 5) is 24.3. The topological polar surface area (TPSA) is 181 Å². The van der Waals surface area contributed by atoms with E-state index < -0.39 is 20.0 Å². The van der Waals surface area contributed by atoms with Gasteiger partial charge >= 0.3 is 7.60 Å². The van der Waals surface area contributed by atoms with E-state index in [1.165, 1.54) is 6.33 Å². The highest BCUT2D eigenvalue weighted by Gasteiger charge is 2.25. The number of nitrogens with zero attached hydrogens (tertiary/aromatic N) is 4. The number of nitrogens with one attached hydrogen (secondary N) is 1. The summed E-state index contributed by atoms with van der Waals surface area (Å²) >= 11 is 0. The molecule has 3 aromatic rings. The number of anilines is 1. The summed E-state index contributed by atoms with van der Waals surface area (Å²) in [6.07, 6.45) is 3.00. The quantitative estimate of drug-likeness (QED) is 0.197. The Balaban J connectivity index is 1.49. The van der Waals surface area contributed by atoms with E-state index in [0.29, 0.717) is 48.8 Å². The van der Waals surface area contributed by atoms with Crippen molar-refractivity contribution in [3.63, 3.8) is 0 Å². The molecule has 6 N–H and O–H groups in total. The predicted octanol–water partition coefficient (Wildman–Crippen LogP) is 1.68. The second-order valence-corrected chi connectivity index (χ2v) is 10.4. The number of aryl methyl sites for hydroxylation is 1. The molecule has 0 fully saturated rings. The van der Waals surface area contributed by atoms with E-state index in [1.54, 1.807) is 35.2 Å². The molecule has 2 aromatic heterocycles. The second kappa shape index (κ2) is 12.1. The number of fused-ring (bicyclic) bond motifs is 1. The predicted molar refractivity (Wildman–Crippen MR) is 132 cm³/mol. The zero-order valence-electron chi connectivity index (χ0n) is 19.8. The average Bonchev–Trinajstić information content (AvgIpc) is 3.26. The van der Waals surface area contributed by atoms with E-state index in [2.05, 4.69) is 20.3 Å². The van der Waals surface area contributed by atoms with Gasteiger partial charge in [-0.1, -0.05) is 26.0 Å². The number of aromatic nitrogens is 4. The van der Waals surface area contributed by atoms with Gasteiger partial charge in [0.2, 0.25) is 5.91 Å². The Bertz CT molecular complexity index is 1170. The molecule has 0 aliphatic carbocycles. The molecule has 1 aromatic carbocycles. The fourth-order valence-electron chi connectivity index (χ4n) is 3.23. The molecule has 13 heteroatoms. The molecule has 35 heavy (non-hydrogen) atoms. The van der Waals surface area contributed by atoms with Gasteiger partial charge < -0.3 is 31.0 Å². The van der Waals surface area contributed by atoms with Gasteiger partial charge in [0.25, 0.3) is 0 Å². The van der Waals surface area contributed by atoms with Crippen LogP contribution in [0.4, 0.5) is 5.82 Å². The van der Waals surface area contributed by atoms with Crippen molar-refractivity contribution in [3.05, 3.63) is 42.5 Å². The molecule has 12 nitrogen and oxygen atoms in total. The zero-order chi connectivity index (χ0) is 25.4. The van der Waals surface area contributed by atoms with Crippen molar-refractivity contribution >= 4 is 30.5 Å². The van der Waals surface area contributed by atoms with Crippen molar-refractivity contribution in [3.8, 4) is 5.75 Å². The third kappa shape index (κ3) is 7.46. The number of hydrogen-bond donors (Lipinski definition) is 4. The van der Waals surface area contributed by atoms with Crippen molar-refractivity contribution < 1.29 is 23.5 Å². The summed E-state index contributed by atoms with van der Waals surface area (Å²) < 4.78 is 25.5. The van der Waals surface area contributed by atoms with Crippen LogP contribution in [0.25, 0.3) is 11.2 Å². The lowest BCUT2D eigenvalue weighted by Crippen LogP contribution is -2.43. The summed E-state index contributed by atoms with van der Waals surface area (Å²) in [6.45, 7) is 5.14. The number of imidazole rings is 1. The average molecular weight is 506 g/mol. The van der Waals surface area contributed by atoms with Gasteiger partial charge in [-0.05, 0) is 36.5 Å². The minimum Gasteiger partial charge on any atom is -0.423 e. The molecule has 1 amide bonds. The monoisotopic (exact) mass is 505 g/mol. The van der Waals surface area contributed by atoms with Crippen LogP contribution in [0.1, 0.15) is 25.8 Å². The first-order valence-corrected chi connectivity index (χ1v) is 13.0. The number of amides is 1. The maximum atomic E-state index is 12.8. The van der Waals surface area contributed by atoms with Gasteiger partial charge in [-0.15, -0.1) is 0 Å². The molecule has 0 saturated carbocycles. The molecule has 3 rings (SSSR count). The fraction of sp³-hybridized carbons (Fsp3) is 0.455. The lowest BCUT2D eigenvalue weighted by atomic mass is 10.1. The number of rotatable bonds is 13. The van der Waals surface area contributed by atoms with Gasteiger partial charge in [-0.2, -0.15) is 0 Å². The highest BCUT2D eigenvalue weighted by Crippen LogP contribution is 2.47. The molecule has 0 aliphatic rings.